The van der Waals surface area contributed by atoms with Crippen LogP contribution in [0.15, 0.2) is 12.1 Å². The van der Waals surface area contributed by atoms with E-state index in [1.807, 2.05) is 0 Å². The fraction of sp³-hybridized carbons (Fsp3) is 0.600. The highest BCUT2D eigenvalue weighted by molar-refractivity contribution is 6.67. The Hall–Kier alpha value is -1.74. The van der Waals surface area contributed by atoms with Crippen LogP contribution in [0.3, 0.4) is 0 Å². The molecular weight excluding hydrogens is 263 g/mol. The van der Waals surface area contributed by atoms with E-state index in [0.717, 1.165) is 63.5 Å². The van der Waals surface area contributed by atoms with Crippen molar-refractivity contribution in [3.63, 3.8) is 0 Å². The highest BCUT2D eigenvalue weighted by Gasteiger charge is 2.23. The third-order valence-electron chi connectivity index (χ3n) is 4.30. The average Bonchev–Trinajstić information content (AvgIpc) is 2.55. The van der Waals surface area contributed by atoms with Gasteiger partial charge in [-0.25, -0.2) is 10.2 Å². The number of nitrogens with zero attached hydrogens (tertiary/aromatic N) is 4. The maximum atomic E-state index is 9.01. The smallest absolute Gasteiger partial charge is 0.271 e. The lowest BCUT2D eigenvalue weighted by atomic mass is 9.45. The Labute approximate surface area is 126 Å². The number of nitriles is 1. The number of pyridine rings is 1. The Balaban J connectivity index is 1.76. The van der Waals surface area contributed by atoms with Gasteiger partial charge in [-0.15, -0.1) is 0 Å². The van der Waals surface area contributed by atoms with Crippen LogP contribution < -0.4 is 9.80 Å². The van der Waals surface area contributed by atoms with Gasteiger partial charge in [0, 0.05) is 49.6 Å². The summed E-state index contributed by atoms with van der Waals surface area (Å²) in [5.74, 6) is 3.44. The van der Waals surface area contributed by atoms with E-state index in [4.69, 9.17) is 10.00 Å². The summed E-state index contributed by atoms with van der Waals surface area (Å²) >= 11 is 0. The lowest BCUT2D eigenvalue weighted by Gasteiger charge is -2.32. The van der Waals surface area contributed by atoms with Gasteiger partial charge >= 0.3 is 0 Å². The van der Waals surface area contributed by atoms with Gasteiger partial charge in [-0.1, -0.05) is 0 Å². The lowest BCUT2D eigenvalue weighted by molar-refractivity contribution is 0.122. The average molecular weight is 284 g/mol. The molecule has 3 rings (SSSR count). The summed E-state index contributed by atoms with van der Waals surface area (Å²) in [7, 11) is 0. The molecule has 21 heavy (non-hydrogen) atoms. The minimum atomic E-state index is 0.225. The first-order valence-electron chi connectivity index (χ1n) is 7.72. The maximum Gasteiger partial charge on any atom is 0.271 e. The van der Waals surface area contributed by atoms with Crippen LogP contribution in [-0.2, 0) is 4.74 Å². The first-order chi connectivity index (χ1) is 10.3. The van der Waals surface area contributed by atoms with Crippen molar-refractivity contribution in [2.24, 2.45) is 0 Å². The quantitative estimate of drug-likeness (QED) is 0.772. The predicted octanol–water partition coefficient (Wildman–Crippen LogP) is 1.60. The Morgan fingerprint density at radius 2 is 1.86 bits per heavy atom. The maximum absolute atomic E-state index is 9.01. The molecular formula is C15H21BN4O. The normalized spacial score (nSPS) is 19.5. The first kappa shape index (κ1) is 14.2. The molecule has 6 heteroatoms. The van der Waals surface area contributed by atoms with Crippen molar-refractivity contribution in [3.8, 4) is 5.97 Å². The van der Waals surface area contributed by atoms with Crippen LogP contribution in [-0.4, -0.2) is 51.1 Å². The number of morpholine rings is 1. The molecule has 1 aromatic heterocycles. The zero-order valence-corrected chi connectivity index (χ0v) is 12.6. The fourth-order valence-corrected chi connectivity index (χ4v) is 3.04. The van der Waals surface area contributed by atoms with Crippen LogP contribution in [0.25, 0.3) is 0 Å². The van der Waals surface area contributed by atoms with E-state index in [2.05, 4.69) is 39.8 Å². The summed E-state index contributed by atoms with van der Waals surface area (Å²) in [6.07, 6.45) is 1.93. The van der Waals surface area contributed by atoms with Gasteiger partial charge in [0.1, 0.15) is 5.82 Å². The summed E-state index contributed by atoms with van der Waals surface area (Å²) in [4.78, 5) is 9.35. The molecule has 2 fully saturated rings. The Bertz CT molecular complexity index is 531. The molecule has 2 saturated heterocycles. The predicted molar refractivity (Wildman–Crippen MR) is 85.2 cm³/mol. The number of hydrogen-bond donors (Lipinski definition) is 0. The van der Waals surface area contributed by atoms with E-state index < -0.39 is 0 Å². The molecule has 0 unspecified atom stereocenters. The van der Waals surface area contributed by atoms with Crippen LogP contribution in [0.2, 0.25) is 12.6 Å². The number of hydrogen-bond acceptors (Lipinski definition) is 5. The van der Waals surface area contributed by atoms with Crippen LogP contribution in [0.5, 0.6) is 0 Å². The summed E-state index contributed by atoms with van der Waals surface area (Å²) in [6.45, 7) is 7.57. The standard InChI is InChI=1S/C15H21BN4O/c1-13-10-14(19-4-2-16(12-17)3-5-19)11-15(18-13)20-6-8-21-9-7-20/h10-11H,2-9H2,1H3. The van der Waals surface area contributed by atoms with Crippen molar-refractivity contribution >= 4 is 18.2 Å². The van der Waals surface area contributed by atoms with Crippen molar-refractivity contribution in [2.45, 2.75) is 19.6 Å². The van der Waals surface area contributed by atoms with Crippen molar-refractivity contribution in [3.05, 3.63) is 17.8 Å². The summed E-state index contributed by atoms with van der Waals surface area (Å²) in [5, 5.41) is 9.01. The molecule has 0 N–H and O–H groups in total. The Kier molecular flexibility index (Phi) is 4.30. The molecule has 1 aromatic rings. The number of ether oxygens (including phenoxy) is 1. The second-order valence-corrected chi connectivity index (χ2v) is 5.81. The molecule has 0 radical (unpaired) electrons. The van der Waals surface area contributed by atoms with Crippen LogP contribution in [0, 0.1) is 18.2 Å². The summed E-state index contributed by atoms with van der Waals surface area (Å²) in [5.41, 5.74) is 2.29. The van der Waals surface area contributed by atoms with E-state index in [9.17, 15) is 0 Å². The van der Waals surface area contributed by atoms with Gasteiger partial charge in [0.05, 0.1) is 13.2 Å². The molecule has 5 nitrogen and oxygen atoms in total. The second kappa shape index (κ2) is 6.36. The Morgan fingerprint density at radius 3 is 2.52 bits per heavy atom. The third-order valence-corrected chi connectivity index (χ3v) is 4.30. The van der Waals surface area contributed by atoms with Crippen molar-refractivity contribution in [1.29, 1.82) is 5.26 Å². The highest BCUT2D eigenvalue weighted by Crippen LogP contribution is 2.25. The van der Waals surface area contributed by atoms with E-state index in [0.29, 0.717) is 0 Å². The number of aromatic nitrogens is 1. The fourth-order valence-electron chi connectivity index (χ4n) is 3.04. The molecule has 0 aromatic carbocycles. The molecule has 0 aliphatic carbocycles. The van der Waals surface area contributed by atoms with Gasteiger partial charge < -0.3 is 14.5 Å². The molecule has 0 bridgehead atoms. The van der Waals surface area contributed by atoms with E-state index in [-0.39, 0.29) is 6.71 Å². The third kappa shape index (κ3) is 3.30. The van der Waals surface area contributed by atoms with E-state index in [1.54, 1.807) is 0 Å². The molecule has 0 saturated carbocycles. The molecule has 0 spiro atoms. The van der Waals surface area contributed by atoms with Gasteiger partial charge in [-0.2, -0.15) is 0 Å². The molecule has 0 atom stereocenters. The molecule has 2 aliphatic heterocycles. The van der Waals surface area contributed by atoms with Crippen LogP contribution in [0.4, 0.5) is 11.5 Å². The first-order valence-corrected chi connectivity index (χ1v) is 7.72. The molecule has 3 heterocycles. The topological polar surface area (TPSA) is 52.4 Å². The SMILES string of the molecule is Cc1cc(N2CCB(C#N)CC2)cc(N2CCOCC2)n1. The summed E-state index contributed by atoms with van der Waals surface area (Å²) < 4.78 is 5.41. The van der Waals surface area contributed by atoms with Crippen molar-refractivity contribution < 1.29 is 4.74 Å². The minimum absolute atomic E-state index is 0.225. The zero-order chi connectivity index (χ0) is 14.7. The van der Waals surface area contributed by atoms with E-state index in [1.165, 1.54) is 5.69 Å². The zero-order valence-electron chi connectivity index (χ0n) is 12.6. The van der Waals surface area contributed by atoms with E-state index >= 15 is 0 Å². The van der Waals surface area contributed by atoms with Gasteiger partial charge in [0.25, 0.3) is 6.71 Å². The minimum Gasteiger partial charge on any atom is -0.378 e. The van der Waals surface area contributed by atoms with Crippen molar-refractivity contribution in [2.75, 3.05) is 49.2 Å². The second-order valence-electron chi connectivity index (χ2n) is 5.81. The number of anilines is 2. The van der Waals surface area contributed by atoms with Gasteiger partial charge in [0.15, 0.2) is 0 Å². The number of aryl methyl sites for hydroxylation is 1. The largest absolute Gasteiger partial charge is 0.378 e. The molecule has 110 valence electrons. The van der Waals surface area contributed by atoms with Gasteiger partial charge in [-0.3, -0.25) is 0 Å². The van der Waals surface area contributed by atoms with Crippen molar-refractivity contribution in [1.82, 2.24) is 4.98 Å². The monoisotopic (exact) mass is 284 g/mol. The number of rotatable bonds is 2. The lowest BCUT2D eigenvalue weighted by Crippen LogP contribution is -2.38. The highest BCUT2D eigenvalue weighted by atomic mass is 16.5. The van der Waals surface area contributed by atoms with Crippen LogP contribution in [0.1, 0.15) is 5.69 Å². The molecule has 0 amide bonds. The Morgan fingerprint density at radius 1 is 1.14 bits per heavy atom. The van der Waals surface area contributed by atoms with Crippen LogP contribution >= 0.6 is 0 Å². The van der Waals surface area contributed by atoms with Gasteiger partial charge in [0.2, 0.25) is 0 Å². The molecule has 2 aliphatic rings. The van der Waals surface area contributed by atoms with Gasteiger partial charge in [-0.05, 0) is 25.6 Å². The summed E-state index contributed by atoms with van der Waals surface area (Å²) in [6, 6.07) is 4.33.